The largest absolute Gasteiger partial charge is 0.417 e. The van der Waals surface area contributed by atoms with Crippen LogP contribution >= 0.6 is 11.6 Å². The molecule has 1 atom stereocenters. The van der Waals surface area contributed by atoms with E-state index in [0.717, 1.165) is 12.1 Å². The van der Waals surface area contributed by atoms with Crippen LogP contribution in [-0.2, 0) is 6.18 Å². The highest BCUT2D eigenvalue weighted by atomic mass is 35.5. The maximum Gasteiger partial charge on any atom is 0.417 e. The lowest BCUT2D eigenvalue weighted by Crippen LogP contribution is -2.26. The molecule has 0 aromatic carbocycles. The van der Waals surface area contributed by atoms with E-state index in [2.05, 4.69) is 10.3 Å². The second kappa shape index (κ2) is 6.04. The van der Waals surface area contributed by atoms with Gasteiger partial charge in [-0.25, -0.2) is 0 Å². The average molecular weight is 281 g/mol. The first-order chi connectivity index (χ1) is 8.30. The van der Waals surface area contributed by atoms with Crippen molar-refractivity contribution in [3.05, 3.63) is 29.6 Å². The Balaban J connectivity index is 2.60. The number of rotatable bonds is 4. The van der Waals surface area contributed by atoms with Gasteiger partial charge in [0.25, 0.3) is 5.91 Å². The van der Waals surface area contributed by atoms with Crippen molar-refractivity contribution in [2.24, 2.45) is 0 Å². The highest BCUT2D eigenvalue weighted by Gasteiger charge is 2.30. The van der Waals surface area contributed by atoms with E-state index in [0.29, 0.717) is 19.2 Å². The molecule has 100 valence electrons. The number of nitrogens with one attached hydrogen (secondary N) is 1. The number of aromatic nitrogens is 1. The van der Waals surface area contributed by atoms with Crippen molar-refractivity contribution in [1.82, 2.24) is 10.3 Å². The Morgan fingerprint density at radius 1 is 1.50 bits per heavy atom. The molecule has 1 rings (SSSR count). The number of hydrogen-bond acceptors (Lipinski definition) is 2. The quantitative estimate of drug-likeness (QED) is 0.862. The zero-order chi connectivity index (χ0) is 13.8. The molecule has 1 N–H and O–H groups in total. The molecule has 3 nitrogen and oxygen atoms in total. The first-order valence-electron chi connectivity index (χ1n) is 5.26. The monoisotopic (exact) mass is 280 g/mol. The molecule has 18 heavy (non-hydrogen) atoms. The summed E-state index contributed by atoms with van der Waals surface area (Å²) in [5, 5.41) is 2.44. The number of carbonyl (C=O) groups excluding carboxylic acids is 1. The van der Waals surface area contributed by atoms with Crippen LogP contribution in [0.25, 0.3) is 0 Å². The third-order valence-electron chi connectivity index (χ3n) is 2.15. The minimum atomic E-state index is -4.45. The molecule has 0 saturated heterocycles. The number of nitrogens with zero attached hydrogens (tertiary/aromatic N) is 1. The van der Waals surface area contributed by atoms with Gasteiger partial charge >= 0.3 is 6.18 Å². The smallest absolute Gasteiger partial charge is 0.351 e. The van der Waals surface area contributed by atoms with Crippen molar-refractivity contribution >= 4 is 17.5 Å². The van der Waals surface area contributed by atoms with Crippen LogP contribution in [0.4, 0.5) is 13.2 Å². The Morgan fingerprint density at radius 3 is 2.61 bits per heavy atom. The van der Waals surface area contributed by atoms with Crippen LogP contribution in [0.15, 0.2) is 18.3 Å². The number of carbonyl (C=O) groups is 1. The molecule has 1 unspecified atom stereocenters. The Labute approximate surface area is 107 Å². The fraction of sp³-hybridized carbons (Fsp3) is 0.455. The standard InChI is InChI=1S/C11H12ClF3N2O/c1-7(12)4-5-16-10(18)9-3-2-8(6-17-9)11(13,14)15/h2-3,6-7H,4-5H2,1H3,(H,16,18). The second-order valence-corrected chi connectivity index (χ2v) is 4.50. The van der Waals surface area contributed by atoms with E-state index in [1.807, 2.05) is 0 Å². The molecule has 1 amide bonds. The molecule has 0 aliphatic rings. The molecule has 0 aliphatic heterocycles. The Bertz CT molecular complexity index is 404. The summed E-state index contributed by atoms with van der Waals surface area (Å²) < 4.78 is 36.8. The van der Waals surface area contributed by atoms with E-state index < -0.39 is 17.6 Å². The number of halogens is 4. The van der Waals surface area contributed by atoms with Gasteiger partial charge in [0, 0.05) is 18.1 Å². The maximum atomic E-state index is 12.3. The predicted molar refractivity (Wildman–Crippen MR) is 61.5 cm³/mol. The van der Waals surface area contributed by atoms with E-state index in [1.165, 1.54) is 0 Å². The van der Waals surface area contributed by atoms with Gasteiger partial charge in [-0.1, -0.05) is 0 Å². The predicted octanol–water partition coefficient (Wildman–Crippen LogP) is 2.85. The molecule has 0 aliphatic carbocycles. The summed E-state index contributed by atoms with van der Waals surface area (Å²) in [7, 11) is 0. The van der Waals surface area contributed by atoms with E-state index in [1.54, 1.807) is 6.92 Å². The number of hydrogen-bond donors (Lipinski definition) is 1. The lowest BCUT2D eigenvalue weighted by Gasteiger charge is -2.08. The molecular weight excluding hydrogens is 269 g/mol. The molecule has 1 heterocycles. The van der Waals surface area contributed by atoms with Crippen LogP contribution < -0.4 is 5.32 Å². The number of amides is 1. The summed E-state index contributed by atoms with van der Waals surface area (Å²) in [4.78, 5) is 15.0. The van der Waals surface area contributed by atoms with Gasteiger partial charge in [-0.2, -0.15) is 13.2 Å². The second-order valence-electron chi connectivity index (χ2n) is 3.76. The lowest BCUT2D eigenvalue weighted by molar-refractivity contribution is -0.137. The number of alkyl halides is 4. The van der Waals surface area contributed by atoms with Gasteiger partial charge in [0.05, 0.1) is 5.56 Å². The SMILES string of the molecule is CC(Cl)CCNC(=O)c1ccc(C(F)(F)F)cn1. The van der Waals surface area contributed by atoms with Gasteiger partial charge in [0.1, 0.15) is 5.69 Å². The van der Waals surface area contributed by atoms with Crippen molar-refractivity contribution < 1.29 is 18.0 Å². The van der Waals surface area contributed by atoms with Gasteiger partial charge in [-0.15, -0.1) is 11.6 Å². The number of pyridine rings is 1. The van der Waals surface area contributed by atoms with Gasteiger partial charge in [-0.3, -0.25) is 9.78 Å². The maximum absolute atomic E-state index is 12.3. The summed E-state index contributed by atoms with van der Waals surface area (Å²) in [6.07, 6.45) is -3.23. The van der Waals surface area contributed by atoms with Crippen LogP contribution in [-0.4, -0.2) is 22.8 Å². The summed E-state index contributed by atoms with van der Waals surface area (Å²) in [6, 6.07) is 1.87. The van der Waals surface area contributed by atoms with Crippen LogP contribution in [0, 0.1) is 0 Å². The zero-order valence-electron chi connectivity index (χ0n) is 9.59. The highest BCUT2D eigenvalue weighted by molar-refractivity contribution is 6.20. The van der Waals surface area contributed by atoms with Crippen LogP contribution in [0.5, 0.6) is 0 Å². The molecule has 0 fully saturated rings. The fourth-order valence-electron chi connectivity index (χ4n) is 1.17. The van der Waals surface area contributed by atoms with Crippen molar-refractivity contribution in [3.8, 4) is 0 Å². The zero-order valence-corrected chi connectivity index (χ0v) is 10.3. The van der Waals surface area contributed by atoms with Gasteiger partial charge < -0.3 is 5.32 Å². The third-order valence-corrected chi connectivity index (χ3v) is 2.37. The van der Waals surface area contributed by atoms with E-state index in [4.69, 9.17) is 11.6 Å². The Hall–Kier alpha value is -1.30. The van der Waals surface area contributed by atoms with Crippen molar-refractivity contribution in [2.75, 3.05) is 6.54 Å². The van der Waals surface area contributed by atoms with E-state index >= 15 is 0 Å². The topological polar surface area (TPSA) is 42.0 Å². The summed E-state index contributed by atoms with van der Waals surface area (Å²) in [5.74, 6) is -0.513. The van der Waals surface area contributed by atoms with Crippen LogP contribution in [0.3, 0.4) is 0 Å². The molecule has 0 bridgehead atoms. The molecule has 7 heteroatoms. The van der Waals surface area contributed by atoms with Crippen molar-refractivity contribution in [1.29, 1.82) is 0 Å². The fourth-order valence-corrected chi connectivity index (χ4v) is 1.28. The Kier molecular flexibility index (Phi) is 4.95. The summed E-state index contributed by atoms with van der Waals surface area (Å²) >= 11 is 5.69. The van der Waals surface area contributed by atoms with Gasteiger partial charge in [-0.05, 0) is 25.5 Å². The molecular formula is C11H12ClF3N2O. The van der Waals surface area contributed by atoms with Crippen LogP contribution in [0.2, 0.25) is 0 Å². The molecule has 1 aromatic heterocycles. The van der Waals surface area contributed by atoms with Crippen LogP contribution in [0.1, 0.15) is 29.4 Å². The molecule has 0 radical (unpaired) electrons. The first kappa shape index (κ1) is 14.8. The summed E-state index contributed by atoms with van der Waals surface area (Å²) in [5.41, 5.74) is -0.932. The lowest BCUT2D eigenvalue weighted by atomic mass is 10.2. The van der Waals surface area contributed by atoms with Gasteiger partial charge in [0.15, 0.2) is 0 Å². The highest BCUT2D eigenvalue weighted by Crippen LogP contribution is 2.28. The normalized spacial score (nSPS) is 13.2. The summed E-state index contributed by atoms with van der Waals surface area (Å²) in [6.45, 7) is 2.14. The minimum Gasteiger partial charge on any atom is -0.351 e. The van der Waals surface area contributed by atoms with Gasteiger partial charge in [0.2, 0.25) is 0 Å². The average Bonchev–Trinajstić information content (AvgIpc) is 2.27. The van der Waals surface area contributed by atoms with Crippen molar-refractivity contribution in [3.63, 3.8) is 0 Å². The molecule has 0 spiro atoms. The minimum absolute atomic E-state index is 0.0507. The first-order valence-corrected chi connectivity index (χ1v) is 5.70. The van der Waals surface area contributed by atoms with E-state index in [9.17, 15) is 18.0 Å². The Morgan fingerprint density at radius 2 is 2.17 bits per heavy atom. The van der Waals surface area contributed by atoms with Crippen molar-refractivity contribution in [2.45, 2.75) is 24.9 Å². The molecule has 0 saturated carbocycles. The third kappa shape index (κ3) is 4.52. The molecule has 1 aromatic rings. The van der Waals surface area contributed by atoms with E-state index in [-0.39, 0.29) is 11.1 Å².